The van der Waals surface area contributed by atoms with Crippen LogP contribution < -0.4 is 5.69 Å². The van der Waals surface area contributed by atoms with Crippen molar-refractivity contribution in [3.63, 3.8) is 0 Å². The number of amides is 2. The van der Waals surface area contributed by atoms with Crippen LogP contribution in [0.5, 0.6) is 0 Å². The van der Waals surface area contributed by atoms with Crippen molar-refractivity contribution >= 4 is 11.8 Å². The zero-order valence-corrected chi connectivity index (χ0v) is 15.2. The molecule has 1 aromatic heterocycles. The lowest BCUT2D eigenvalue weighted by atomic mass is 9.77. The third-order valence-corrected chi connectivity index (χ3v) is 5.74. The first-order valence-corrected chi connectivity index (χ1v) is 8.88. The molecule has 3 heterocycles. The topological polar surface area (TPSA) is 86.4 Å². The molecule has 2 aliphatic heterocycles. The van der Waals surface area contributed by atoms with E-state index in [-0.39, 0.29) is 22.9 Å². The van der Waals surface area contributed by atoms with Crippen molar-refractivity contribution in [2.45, 2.75) is 46.0 Å². The summed E-state index contributed by atoms with van der Waals surface area (Å²) in [6.07, 6.45) is 3.41. The van der Waals surface area contributed by atoms with E-state index in [0.717, 1.165) is 43.7 Å². The predicted molar refractivity (Wildman–Crippen MR) is 93.2 cm³/mol. The molecule has 2 saturated heterocycles. The summed E-state index contributed by atoms with van der Waals surface area (Å²) >= 11 is 0. The van der Waals surface area contributed by atoms with Gasteiger partial charge >= 0.3 is 5.69 Å². The second kappa shape index (κ2) is 6.61. The largest absolute Gasteiger partial charge is 0.345 e. The van der Waals surface area contributed by atoms with Crippen molar-refractivity contribution in [2.75, 3.05) is 26.7 Å². The van der Waals surface area contributed by atoms with Gasteiger partial charge in [0.05, 0.1) is 0 Å². The maximum atomic E-state index is 12.5. The van der Waals surface area contributed by atoms with Crippen LogP contribution >= 0.6 is 0 Å². The molecule has 1 spiro atoms. The average Bonchev–Trinajstić information content (AvgIpc) is 2.80. The molecule has 0 aliphatic carbocycles. The molecule has 0 atom stereocenters. The minimum absolute atomic E-state index is 0.0681. The molecule has 2 fully saturated rings. The Hall–Kier alpha value is -2.18. The Morgan fingerprint density at radius 1 is 1.24 bits per heavy atom. The van der Waals surface area contributed by atoms with Crippen molar-refractivity contribution < 1.29 is 9.59 Å². The van der Waals surface area contributed by atoms with E-state index in [2.05, 4.69) is 9.97 Å². The van der Waals surface area contributed by atoms with Gasteiger partial charge in [0, 0.05) is 56.3 Å². The van der Waals surface area contributed by atoms with E-state index >= 15 is 0 Å². The lowest BCUT2D eigenvalue weighted by Crippen LogP contribution is -2.44. The van der Waals surface area contributed by atoms with Gasteiger partial charge in [-0.1, -0.05) is 0 Å². The first-order chi connectivity index (χ1) is 11.8. The molecular formula is C18H26N4O3. The van der Waals surface area contributed by atoms with Gasteiger partial charge < -0.3 is 14.8 Å². The lowest BCUT2D eigenvalue weighted by Gasteiger charge is -2.38. The highest BCUT2D eigenvalue weighted by Crippen LogP contribution is 2.40. The third-order valence-electron chi connectivity index (χ3n) is 5.74. The van der Waals surface area contributed by atoms with Gasteiger partial charge in [0.15, 0.2) is 0 Å². The molecule has 7 nitrogen and oxygen atoms in total. The van der Waals surface area contributed by atoms with Crippen LogP contribution in [0, 0.1) is 19.3 Å². The lowest BCUT2D eigenvalue weighted by molar-refractivity contribution is -0.133. The minimum atomic E-state index is -0.345. The van der Waals surface area contributed by atoms with Crippen LogP contribution in [0.3, 0.4) is 0 Å². The summed E-state index contributed by atoms with van der Waals surface area (Å²) in [4.78, 5) is 46.1. The normalized spacial score (nSPS) is 19.7. The number of nitrogens with zero attached hydrogens (tertiary/aromatic N) is 3. The van der Waals surface area contributed by atoms with E-state index in [0.29, 0.717) is 25.0 Å². The van der Waals surface area contributed by atoms with Crippen LogP contribution in [0.4, 0.5) is 0 Å². The van der Waals surface area contributed by atoms with Gasteiger partial charge in [0.2, 0.25) is 11.8 Å². The smallest absolute Gasteiger partial charge is 0.345 e. The second-order valence-electron chi connectivity index (χ2n) is 7.54. The first-order valence-electron chi connectivity index (χ1n) is 8.88. The number of hydrogen-bond donors (Lipinski definition) is 1. The Labute approximate surface area is 147 Å². The number of H-pyrrole nitrogens is 1. The Balaban J connectivity index is 1.56. The van der Waals surface area contributed by atoms with E-state index < -0.39 is 0 Å². The van der Waals surface area contributed by atoms with E-state index in [1.807, 2.05) is 23.8 Å². The summed E-state index contributed by atoms with van der Waals surface area (Å²) in [7, 11) is 1.86. The standard InChI is InChI=1S/C18H26N4O3/c1-12-14(13(2)20-17(25)19-12)4-5-15(23)22-8-6-18(7-9-22)10-16(24)21(3)11-18/h4-11H2,1-3H3,(H,19,20,25). The number of aromatic nitrogens is 2. The summed E-state index contributed by atoms with van der Waals surface area (Å²) in [5.74, 6) is 0.355. The van der Waals surface area contributed by atoms with E-state index in [1.54, 1.807) is 6.92 Å². The number of carbonyl (C=O) groups excluding carboxylic acids is 2. The third kappa shape index (κ3) is 3.60. The molecule has 7 heteroatoms. The molecule has 25 heavy (non-hydrogen) atoms. The van der Waals surface area contributed by atoms with Gasteiger partial charge in [0.1, 0.15) is 0 Å². The number of carbonyl (C=O) groups is 2. The van der Waals surface area contributed by atoms with Crippen molar-refractivity contribution in [2.24, 2.45) is 5.41 Å². The highest BCUT2D eigenvalue weighted by molar-refractivity contribution is 5.79. The molecular weight excluding hydrogens is 320 g/mol. The number of nitrogens with one attached hydrogen (secondary N) is 1. The van der Waals surface area contributed by atoms with Crippen LogP contribution in [-0.4, -0.2) is 58.3 Å². The van der Waals surface area contributed by atoms with Crippen LogP contribution in [-0.2, 0) is 16.0 Å². The molecule has 0 radical (unpaired) electrons. The quantitative estimate of drug-likeness (QED) is 0.877. The van der Waals surface area contributed by atoms with Gasteiger partial charge in [-0.25, -0.2) is 4.79 Å². The van der Waals surface area contributed by atoms with Gasteiger partial charge in [-0.3, -0.25) is 9.59 Å². The summed E-state index contributed by atoms with van der Waals surface area (Å²) in [5, 5.41) is 0. The van der Waals surface area contributed by atoms with E-state index in [1.165, 1.54) is 0 Å². The Morgan fingerprint density at radius 2 is 1.92 bits per heavy atom. The maximum Gasteiger partial charge on any atom is 0.345 e. The molecule has 2 amide bonds. The van der Waals surface area contributed by atoms with Crippen molar-refractivity contribution in [3.05, 3.63) is 27.4 Å². The van der Waals surface area contributed by atoms with Crippen LogP contribution in [0.1, 0.15) is 42.6 Å². The fourth-order valence-corrected chi connectivity index (χ4v) is 4.18. The van der Waals surface area contributed by atoms with Crippen LogP contribution in [0.15, 0.2) is 4.79 Å². The predicted octanol–water partition coefficient (Wildman–Crippen LogP) is 0.790. The monoisotopic (exact) mass is 346 g/mol. The molecule has 0 bridgehead atoms. The first kappa shape index (κ1) is 17.6. The maximum absolute atomic E-state index is 12.5. The average molecular weight is 346 g/mol. The van der Waals surface area contributed by atoms with Crippen LogP contribution in [0.25, 0.3) is 0 Å². The summed E-state index contributed by atoms with van der Waals surface area (Å²) < 4.78 is 0. The highest BCUT2D eigenvalue weighted by atomic mass is 16.2. The summed E-state index contributed by atoms with van der Waals surface area (Å²) in [5.41, 5.74) is 2.15. The number of aryl methyl sites for hydroxylation is 2. The fraction of sp³-hybridized carbons (Fsp3) is 0.667. The van der Waals surface area contributed by atoms with Gasteiger partial charge in [-0.2, -0.15) is 4.98 Å². The zero-order chi connectivity index (χ0) is 18.2. The number of aromatic amines is 1. The van der Waals surface area contributed by atoms with Gasteiger partial charge in [0.25, 0.3) is 0 Å². The minimum Gasteiger partial charge on any atom is -0.345 e. The Morgan fingerprint density at radius 3 is 2.48 bits per heavy atom. The SMILES string of the molecule is Cc1nc(=O)[nH]c(C)c1CCC(=O)N1CCC2(CC1)CC(=O)N(C)C2. The summed E-state index contributed by atoms with van der Waals surface area (Å²) in [6, 6.07) is 0. The van der Waals surface area contributed by atoms with Gasteiger partial charge in [-0.15, -0.1) is 0 Å². The molecule has 136 valence electrons. The van der Waals surface area contributed by atoms with Crippen molar-refractivity contribution in [1.29, 1.82) is 0 Å². The zero-order valence-electron chi connectivity index (χ0n) is 15.2. The van der Waals surface area contributed by atoms with Crippen molar-refractivity contribution in [1.82, 2.24) is 19.8 Å². The van der Waals surface area contributed by atoms with Crippen LogP contribution in [0.2, 0.25) is 0 Å². The Bertz CT molecular complexity index is 721. The molecule has 2 aliphatic rings. The molecule has 3 rings (SSSR count). The fourth-order valence-electron chi connectivity index (χ4n) is 4.18. The summed E-state index contributed by atoms with van der Waals surface area (Å²) in [6.45, 7) is 5.91. The molecule has 0 unspecified atom stereocenters. The van der Waals surface area contributed by atoms with Gasteiger partial charge in [-0.05, 0) is 38.7 Å². The van der Waals surface area contributed by atoms with Crippen molar-refractivity contribution in [3.8, 4) is 0 Å². The number of piperidine rings is 1. The molecule has 1 N–H and O–H groups in total. The highest BCUT2D eigenvalue weighted by Gasteiger charge is 2.44. The number of likely N-dealkylation sites (tertiary alicyclic amines) is 2. The Kier molecular flexibility index (Phi) is 4.67. The molecule has 1 aromatic rings. The second-order valence-corrected chi connectivity index (χ2v) is 7.54. The molecule has 0 saturated carbocycles. The number of rotatable bonds is 3. The molecule has 0 aromatic carbocycles. The van der Waals surface area contributed by atoms with E-state index in [9.17, 15) is 14.4 Å². The van der Waals surface area contributed by atoms with E-state index in [4.69, 9.17) is 0 Å². The number of hydrogen-bond acceptors (Lipinski definition) is 4.